The van der Waals surface area contributed by atoms with Gasteiger partial charge in [0, 0.05) is 30.6 Å². The second kappa shape index (κ2) is 7.48. The Labute approximate surface area is 167 Å². The maximum absolute atomic E-state index is 13.0. The van der Waals surface area contributed by atoms with Crippen molar-refractivity contribution in [2.45, 2.75) is 39.4 Å². The SMILES string of the molecule is C/C(=N/[S@+]([O-])C(C)(C)C)c1cc(C)cc2c(=O)n(C)c(-c3ccncc3)nc12. The van der Waals surface area contributed by atoms with Gasteiger partial charge in [-0.25, -0.2) is 4.98 Å². The first kappa shape index (κ1) is 20.2. The molecule has 0 saturated heterocycles. The van der Waals surface area contributed by atoms with E-state index >= 15 is 0 Å². The summed E-state index contributed by atoms with van der Waals surface area (Å²) in [5, 5.41) is 0.520. The van der Waals surface area contributed by atoms with E-state index in [0.29, 0.717) is 22.4 Å². The lowest BCUT2D eigenvalue weighted by molar-refractivity contribution is 0.561. The van der Waals surface area contributed by atoms with Gasteiger partial charge in [0.25, 0.3) is 5.56 Å². The summed E-state index contributed by atoms with van der Waals surface area (Å²) in [6.07, 6.45) is 3.34. The minimum atomic E-state index is -1.40. The molecule has 2 aromatic heterocycles. The van der Waals surface area contributed by atoms with Crippen molar-refractivity contribution in [1.29, 1.82) is 0 Å². The first-order chi connectivity index (χ1) is 13.1. The number of rotatable bonds is 3. The van der Waals surface area contributed by atoms with E-state index in [1.807, 2.05) is 58.9 Å². The Bertz CT molecular complexity index is 1120. The highest BCUT2D eigenvalue weighted by Gasteiger charge is 2.27. The third kappa shape index (κ3) is 3.86. The summed E-state index contributed by atoms with van der Waals surface area (Å²) < 4.78 is 18.0. The summed E-state index contributed by atoms with van der Waals surface area (Å²) in [6, 6.07) is 7.40. The molecule has 0 unspecified atom stereocenters. The largest absolute Gasteiger partial charge is 0.591 e. The molecular formula is C21H24N4O2S. The average Bonchev–Trinajstić information content (AvgIpc) is 2.64. The third-order valence-electron chi connectivity index (χ3n) is 4.40. The van der Waals surface area contributed by atoms with Gasteiger partial charge in [0.1, 0.15) is 21.9 Å². The first-order valence-electron chi connectivity index (χ1n) is 8.99. The fourth-order valence-corrected chi connectivity index (χ4v) is 3.49. The highest BCUT2D eigenvalue weighted by atomic mass is 32.2. The van der Waals surface area contributed by atoms with E-state index in [4.69, 9.17) is 4.98 Å². The van der Waals surface area contributed by atoms with E-state index in [9.17, 15) is 9.35 Å². The van der Waals surface area contributed by atoms with E-state index in [2.05, 4.69) is 9.38 Å². The van der Waals surface area contributed by atoms with Crippen molar-refractivity contribution in [2.75, 3.05) is 0 Å². The van der Waals surface area contributed by atoms with Crippen LogP contribution in [0.1, 0.15) is 38.8 Å². The Kier molecular flexibility index (Phi) is 5.41. The summed E-state index contributed by atoms with van der Waals surface area (Å²) in [7, 11) is 1.71. The average molecular weight is 397 g/mol. The molecule has 0 aliphatic heterocycles. The van der Waals surface area contributed by atoms with Gasteiger partial charge >= 0.3 is 0 Å². The maximum atomic E-state index is 13.0. The summed E-state index contributed by atoms with van der Waals surface area (Å²) >= 11 is -1.40. The van der Waals surface area contributed by atoms with E-state index in [1.165, 1.54) is 0 Å². The number of aryl methyl sites for hydroxylation is 1. The number of aromatic nitrogens is 3. The molecule has 7 heteroatoms. The van der Waals surface area contributed by atoms with E-state index in [1.54, 1.807) is 24.0 Å². The molecule has 0 saturated carbocycles. The van der Waals surface area contributed by atoms with Crippen molar-refractivity contribution in [2.24, 2.45) is 11.4 Å². The maximum Gasteiger partial charge on any atom is 0.261 e. The zero-order valence-corrected chi connectivity index (χ0v) is 17.8. The summed E-state index contributed by atoms with van der Waals surface area (Å²) in [6.45, 7) is 9.37. The quantitative estimate of drug-likeness (QED) is 0.500. The fraction of sp³-hybridized carbons (Fsp3) is 0.333. The van der Waals surface area contributed by atoms with Crippen LogP contribution in [0.3, 0.4) is 0 Å². The molecule has 1 aromatic carbocycles. The molecule has 0 N–H and O–H groups in total. The van der Waals surface area contributed by atoms with Crippen molar-refractivity contribution < 1.29 is 4.55 Å². The molecule has 1 atom stereocenters. The Morgan fingerprint density at radius 3 is 2.46 bits per heavy atom. The monoisotopic (exact) mass is 396 g/mol. The zero-order valence-electron chi connectivity index (χ0n) is 17.0. The minimum Gasteiger partial charge on any atom is -0.591 e. The highest BCUT2D eigenvalue weighted by molar-refractivity contribution is 7.91. The van der Waals surface area contributed by atoms with Crippen molar-refractivity contribution in [3.8, 4) is 11.4 Å². The van der Waals surface area contributed by atoms with Gasteiger partial charge in [-0.05, 0) is 64.4 Å². The Morgan fingerprint density at radius 1 is 1.21 bits per heavy atom. The van der Waals surface area contributed by atoms with Crippen LogP contribution in [0.25, 0.3) is 22.3 Å². The van der Waals surface area contributed by atoms with E-state index in [-0.39, 0.29) is 5.56 Å². The number of hydrogen-bond donors (Lipinski definition) is 0. The molecule has 0 aliphatic carbocycles. The summed E-state index contributed by atoms with van der Waals surface area (Å²) in [4.78, 5) is 21.9. The Balaban J connectivity index is 2.31. The van der Waals surface area contributed by atoms with Crippen LogP contribution in [-0.2, 0) is 18.4 Å². The van der Waals surface area contributed by atoms with Crippen LogP contribution in [0.15, 0.2) is 45.9 Å². The van der Waals surface area contributed by atoms with Gasteiger partial charge in [-0.1, -0.05) is 4.40 Å². The number of hydrogen-bond acceptors (Lipinski definition) is 5. The summed E-state index contributed by atoms with van der Waals surface area (Å²) in [5.41, 5.74) is 3.48. The van der Waals surface area contributed by atoms with Crippen molar-refractivity contribution in [1.82, 2.24) is 14.5 Å². The second-order valence-corrected chi connectivity index (χ2v) is 9.69. The molecular weight excluding hydrogens is 372 g/mol. The molecule has 0 bridgehead atoms. The van der Waals surface area contributed by atoms with Crippen LogP contribution < -0.4 is 5.56 Å². The third-order valence-corrected chi connectivity index (χ3v) is 5.88. The molecule has 0 fully saturated rings. The Hall–Kier alpha value is -2.51. The van der Waals surface area contributed by atoms with Crippen molar-refractivity contribution >= 4 is 28.0 Å². The van der Waals surface area contributed by atoms with Crippen LogP contribution in [0.5, 0.6) is 0 Å². The normalized spacial score (nSPS) is 13.8. The van der Waals surface area contributed by atoms with Gasteiger partial charge in [0.05, 0.1) is 16.6 Å². The second-order valence-electron chi connectivity index (χ2n) is 7.78. The van der Waals surface area contributed by atoms with Gasteiger partial charge in [0.2, 0.25) is 0 Å². The number of fused-ring (bicyclic) bond motifs is 1. The van der Waals surface area contributed by atoms with Gasteiger partial charge in [-0.2, -0.15) is 0 Å². The predicted octanol–water partition coefficient (Wildman–Crippen LogP) is 3.58. The van der Waals surface area contributed by atoms with Gasteiger partial charge < -0.3 is 4.55 Å². The number of nitrogens with zero attached hydrogens (tertiary/aromatic N) is 4. The van der Waals surface area contributed by atoms with Gasteiger partial charge in [-0.3, -0.25) is 14.3 Å². The molecule has 28 heavy (non-hydrogen) atoms. The molecule has 0 aliphatic rings. The molecule has 3 aromatic rings. The summed E-state index contributed by atoms with van der Waals surface area (Å²) in [5.74, 6) is 0.551. The lowest BCUT2D eigenvalue weighted by Crippen LogP contribution is -2.27. The zero-order chi connectivity index (χ0) is 20.6. The topological polar surface area (TPSA) is 83.2 Å². The lowest BCUT2D eigenvalue weighted by Gasteiger charge is -2.19. The van der Waals surface area contributed by atoms with Crippen LogP contribution in [0, 0.1) is 6.92 Å². The van der Waals surface area contributed by atoms with Crippen LogP contribution in [-0.4, -0.2) is 29.5 Å². The van der Waals surface area contributed by atoms with Crippen LogP contribution in [0.2, 0.25) is 0 Å². The molecule has 0 amide bonds. The predicted molar refractivity (Wildman–Crippen MR) is 115 cm³/mol. The fourth-order valence-electron chi connectivity index (χ4n) is 2.87. The number of benzene rings is 1. The van der Waals surface area contributed by atoms with E-state index < -0.39 is 16.1 Å². The molecule has 6 nitrogen and oxygen atoms in total. The van der Waals surface area contributed by atoms with Gasteiger partial charge in [-0.15, -0.1) is 0 Å². The molecule has 0 spiro atoms. The Morgan fingerprint density at radius 2 is 1.86 bits per heavy atom. The molecule has 146 valence electrons. The van der Waals surface area contributed by atoms with Crippen molar-refractivity contribution in [3.05, 3.63) is 58.1 Å². The lowest BCUT2D eigenvalue weighted by atomic mass is 10.0. The molecule has 0 radical (unpaired) electrons. The molecule has 3 rings (SSSR count). The van der Waals surface area contributed by atoms with Crippen molar-refractivity contribution in [3.63, 3.8) is 0 Å². The minimum absolute atomic E-state index is 0.133. The first-order valence-corrected chi connectivity index (χ1v) is 10.1. The van der Waals surface area contributed by atoms with Crippen LogP contribution in [0.4, 0.5) is 0 Å². The van der Waals surface area contributed by atoms with Gasteiger partial charge in [0.15, 0.2) is 0 Å². The van der Waals surface area contributed by atoms with Crippen LogP contribution >= 0.6 is 0 Å². The van der Waals surface area contributed by atoms with E-state index in [0.717, 1.165) is 16.7 Å². The smallest absolute Gasteiger partial charge is 0.261 e. The number of pyridine rings is 1. The molecule has 2 heterocycles. The standard InChI is InChI=1S/C21H24N4O2S/c1-13-11-16(14(2)24-28(27)21(3,4)5)18-17(12-13)20(26)25(6)19(23-18)15-7-9-22-10-8-15/h7-12H,1-6H3/b24-14-/t28-/m1/s1. The highest BCUT2D eigenvalue weighted by Crippen LogP contribution is 2.24.